The number of nitrogens with zero attached hydrogens (tertiary/aromatic N) is 3. The summed E-state index contributed by atoms with van der Waals surface area (Å²) in [4.78, 5) is 27.5. The summed E-state index contributed by atoms with van der Waals surface area (Å²) in [5.41, 5.74) is 9.59. The van der Waals surface area contributed by atoms with Gasteiger partial charge < -0.3 is 16.0 Å². The van der Waals surface area contributed by atoms with Crippen LogP contribution in [0.2, 0.25) is 5.02 Å². The van der Waals surface area contributed by atoms with E-state index in [1.54, 1.807) is 29.2 Å². The molecule has 0 unspecified atom stereocenters. The molecule has 0 saturated heterocycles. The van der Waals surface area contributed by atoms with E-state index in [1.165, 1.54) is 23.1 Å². The van der Waals surface area contributed by atoms with Gasteiger partial charge in [-0.25, -0.2) is 4.68 Å². The molecular formula is C26H28ClN5O2. The Morgan fingerprint density at radius 1 is 1.18 bits per heavy atom. The lowest BCUT2D eigenvalue weighted by atomic mass is 9.95. The Morgan fingerprint density at radius 3 is 2.53 bits per heavy atom. The van der Waals surface area contributed by atoms with E-state index in [9.17, 15) is 9.59 Å². The summed E-state index contributed by atoms with van der Waals surface area (Å²) in [5.74, 6) is -0.857. The van der Waals surface area contributed by atoms with E-state index in [4.69, 9.17) is 17.3 Å². The highest BCUT2D eigenvalue weighted by Gasteiger charge is 2.44. The molecule has 2 aromatic carbocycles. The average Bonchev–Trinajstić information content (AvgIpc) is 3.50. The molecule has 176 valence electrons. The Balaban J connectivity index is 1.47. The molecule has 2 heterocycles. The number of carbonyl (C=O) groups is 2. The zero-order valence-electron chi connectivity index (χ0n) is 19.3. The van der Waals surface area contributed by atoms with Crippen LogP contribution in [0.1, 0.15) is 58.8 Å². The van der Waals surface area contributed by atoms with Gasteiger partial charge in [0.25, 0.3) is 11.8 Å². The van der Waals surface area contributed by atoms with Crippen LogP contribution in [0, 0.1) is 0 Å². The molecule has 1 aromatic heterocycles. The van der Waals surface area contributed by atoms with Crippen molar-refractivity contribution in [1.82, 2.24) is 15.1 Å². The van der Waals surface area contributed by atoms with E-state index >= 15 is 0 Å². The molecule has 0 radical (unpaired) electrons. The molecule has 5 rings (SSSR count). The molecule has 3 N–H and O–H groups in total. The number of halogens is 1. The van der Waals surface area contributed by atoms with Gasteiger partial charge in [0.05, 0.1) is 5.69 Å². The van der Waals surface area contributed by atoms with Crippen LogP contribution in [0.15, 0.2) is 48.5 Å². The molecule has 0 spiro atoms. The number of primary amides is 1. The molecule has 34 heavy (non-hydrogen) atoms. The summed E-state index contributed by atoms with van der Waals surface area (Å²) in [5, 5.41) is 8.47. The van der Waals surface area contributed by atoms with Crippen LogP contribution in [-0.4, -0.2) is 40.7 Å². The Labute approximate surface area is 203 Å². The predicted molar refractivity (Wildman–Crippen MR) is 133 cm³/mol. The summed E-state index contributed by atoms with van der Waals surface area (Å²) >= 11 is 6.17. The van der Waals surface area contributed by atoms with E-state index in [0.717, 1.165) is 12.2 Å². The number of amides is 2. The van der Waals surface area contributed by atoms with Crippen LogP contribution in [-0.2, 0) is 11.8 Å². The Kier molecular flexibility index (Phi) is 5.70. The van der Waals surface area contributed by atoms with Gasteiger partial charge in [0.2, 0.25) is 0 Å². The first-order chi connectivity index (χ1) is 16.3. The van der Waals surface area contributed by atoms with Gasteiger partial charge in [0.15, 0.2) is 5.69 Å². The van der Waals surface area contributed by atoms with Crippen LogP contribution in [0.3, 0.4) is 0 Å². The number of fused-ring (bicyclic) bond motifs is 1. The van der Waals surface area contributed by atoms with Crippen LogP contribution in [0.5, 0.6) is 0 Å². The second kappa shape index (κ2) is 8.56. The molecule has 0 bridgehead atoms. The van der Waals surface area contributed by atoms with Crippen molar-refractivity contribution in [2.75, 3.05) is 18.0 Å². The Hall–Kier alpha value is -3.16. The first kappa shape index (κ1) is 22.6. The number of anilines is 1. The fraction of sp³-hybridized carbons (Fsp3) is 0.346. The summed E-state index contributed by atoms with van der Waals surface area (Å²) in [6, 6.07) is 15.8. The largest absolute Gasteiger partial charge is 0.364 e. The summed E-state index contributed by atoms with van der Waals surface area (Å²) in [6.45, 7) is 5.73. The fourth-order valence-corrected chi connectivity index (χ4v) is 4.90. The van der Waals surface area contributed by atoms with Crippen molar-refractivity contribution in [2.24, 2.45) is 5.73 Å². The number of nitrogens with one attached hydrogen (secondary N) is 1. The topological polar surface area (TPSA) is 93.2 Å². The van der Waals surface area contributed by atoms with Crippen molar-refractivity contribution in [2.45, 2.75) is 44.6 Å². The molecule has 1 saturated carbocycles. The molecule has 0 atom stereocenters. The lowest BCUT2D eigenvalue weighted by Crippen LogP contribution is -2.39. The number of hydrogen-bond donors (Lipinski definition) is 2. The molecular weight excluding hydrogens is 450 g/mol. The van der Waals surface area contributed by atoms with Crippen LogP contribution in [0.25, 0.3) is 5.69 Å². The van der Waals surface area contributed by atoms with Gasteiger partial charge in [0, 0.05) is 40.8 Å². The number of aromatic nitrogens is 2. The van der Waals surface area contributed by atoms with Crippen LogP contribution in [0.4, 0.5) is 5.69 Å². The first-order valence-electron chi connectivity index (χ1n) is 11.6. The van der Waals surface area contributed by atoms with E-state index in [0.29, 0.717) is 41.0 Å². The lowest BCUT2D eigenvalue weighted by Gasteiger charge is -2.28. The summed E-state index contributed by atoms with van der Waals surface area (Å²) in [6.07, 6.45) is 2.84. The third-order valence-electron chi connectivity index (χ3n) is 6.80. The SMILES string of the molecule is CC(C)NCC1(c2ccc(N3CCc4c(C(N)=O)nn(-c5cccc(Cl)c5)c4C3=O)cc2)CC1. The molecule has 8 heteroatoms. The molecule has 1 aliphatic heterocycles. The van der Waals surface area contributed by atoms with Gasteiger partial charge in [-0.2, -0.15) is 5.10 Å². The van der Waals surface area contributed by atoms with Crippen molar-refractivity contribution in [3.63, 3.8) is 0 Å². The van der Waals surface area contributed by atoms with E-state index in [2.05, 4.69) is 36.4 Å². The van der Waals surface area contributed by atoms with Crippen LogP contribution >= 0.6 is 11.6 Å². The van der Waals surface area contributed by atoms with Gasteiger partial charge in [-0.3, -0.25) is 9.59 Å². The first-order valence-corrected chi connectivity index (χ1v) is 12.0. The van der Waals surface area contributed by atoms with E-state index in [-0.39, 0.29) is 17.0 Å². The number of hydrogen-bond acceptors (Lipinski definition) is 4. The lowest BCUT2D eigenvalue weighted by molar-refractivity contribution is 0.0972. The number of benzene rings is 2. The maximum Gasteiger partial charge on any atom is 0.277 e. The minimum absolute atomic E-state index is 0.131. The maximum atomic E-state index is 13.7. The van der Waals surface area contributed by atoms with Gasteiger partial charge in [0.1, 0.15) is 5.69 Å². The monoisotopic (exact) mass is 477 g/mol. The average molecular weight is 478 g/mol. The molecule has 3 aromatic rings. The third-order valence-corrected chi connectivity index (χ3v) is 7.03. The third kappa shape index (κ3) is 3.99. The van der Waals surface area contributed by atoms with Gasteiger partial charge in [-0.15, -0.1) is 0 Å². The second-order valence-corrected chi connectivity index (χ2v) is 9.94. The molecule has 2 aliphatic rings. The van der Waals surface area contributed by atoms with Crippen LogP contribution < -0.4 is 16.0 Å². The molecule has 1 fully saturated rings. The number of carbonyl (C=O) groups excluding carboxylic acids is 2. The number of rotatable bonds is 7. The second-order valence-electron chi connectivity index (χ2n) is 9.50. The van der Waals surface area contributed by atoms with E-state index < -0.39 is 5.91 Å². The normalized spacial score (nSPS) is 16.6. The highest BCUT2D eigenvalue weighted by molar-refractivity contribution is 6.30. The zero-order valence-corrected chi connectivity index (χ0v) is 20.1. The minimum atomic E-state index is -0.646. The molecule has 7 nitrogen and oxygen atoms in total. The fourth-order valence-electron chi connectivity index (χ4n) is 4.71. The standard InChI is InChI=1S/C26H28ClN5O2/c1-16(2)29-15-26(11-12-26)17-6-8-19(9-7-17)31-13-10-21-22(24(28)33)30-32(23(21)25(31)34)20-5-3-4-18(27)14-20/h3-9,14,16,29H,10-13,15H2,1-2H3,(H2,28,33). The van der Waals surface area contributed by atoms with Crippen molar-refractivity contribution in [3.05, 3.63) is 76.1 Å². The predicted octanol–water partition coefficient (Wildman–Crippen LogP) is 3.86. The zero-order chi connectivity index (χ0) is 24.0. The van der Waals surface area contributed by atoms with Crippen molar-refractivity contribution >= 4 is 29.1 Å². The van der Waals surface area contributed by atoms with Gasteiger partial charge >= 0.3 is 0 Å². The van der Waals surface area contributed by atoms with Gasteiger partial charge in [-0.05, 0) is 55.2 Å². The van der Waals surface area contributed by atoms with Crippen molar-refractivity contribution in [3.8, 4) is 5.69 Å². The Morgan fingerprint density at radius 2 is 1.91 bits per heavy atom. The van der Waals surface area contributed by atoms with Gasteiger partial charge in [-0.1, -0.05) is 43.6 Å². The van der Waals surface area contributed by atoms with Crippen molar-refractivity contribution < 1.29 is 9.59 Å². The number of nitrogens with two attached hydrogens (primary N) is 1. The summed E-state index contributed by atoms with van der Waals surface area (Å²) in [7, 11) is 0. The molecule has 1 aliphatic carbocycles. The maximum absolute atomic E-state index is 13.7. The minimum Gasteiger partial charge on any atom is -0.364 e. The Bertz CT molecular complexity index is 1260. The van der Waals surface area contributed by atoms with E-state index in [1.807, 2.05) is 12.1 Å². The summed E-state index contributed by atoms with van der Waals surface area (Å²) < 4.78 is 1.49. The smallest absolute Gasteiger partial charge is 0.277 e. The highest BCUT2D eigenvalue weighted by atomic mass is 35.5. The highest BCUT2D eigenvalue weighted by Crippen LogP contribution is 2.48. The quantitative estimate of drug-likeness (QED) is 0.540. The molecule has 2 amide bonds. The van der Waals surface area contributed by atoms with Crippen molar-refractivity contribution in [1.29, 1.82) is 0 Å².